The normalized spacial score (nSPS) is 21.9. The molecule has 1 aromatic rings. The lowest BCUT2D eigenvalue weighted by Gasteiger charge is -2.20. The Morgan fingerprint density at radius 2 is 2.10 bits per heavy atom. The third-order valence-corrected chi connectivity index (χ3v) is 7.08. The Kier molecular flexibility index (Phi) is 5.23. The Bertz CT molecular complexity index is 551. The van der Waals surface area contributed by atoms with Gasteiger partial charge >= 0.3 is 0 Å². The Balaban J connectivity index is 2.16. The molecule has 0 spiro atoms. The molecule has 1 N–H and O–H groups in total. The number of thiophene rings is 1. The molecule has 1 unspecified atom stereocenters. The summed E-state index contributed by atoms with van der Waals surface area (Å²) in [5.74, 6) is 0.450. The molecule has 0 saturated carbocycles. The van der Waals surface area contributed by atoms with Crippen LogP contribution in [0, 0.1) is 19.8 Å². The fourth-order valence-corrected chi connectivity index (χ4v) is 5.87. The van der Waals surface area contributed by atoms with E-state index in [1.807, 2.05) is 13.8 Å². The molecule has 6 heteroatoms. The second kappa shape index (κ2) is 6.56. The van der Waals surface area contributed by atoms with Crippen molar-refractivity contribution in [3.8, 4) is 0 Å². The van der Waals surface area contributed by atoms with Crippen LogP contribution in [-0.2, 0) is 10.0 Å². The predicted octanol–water partition coefficient (Wildman–Crippen LogP) is 2.54. The summed E-state index contributed by atoms with van der Waals surface area (Å²) >= 11 is 1.54. The summed E-state index contributed by atoms with van der Waals surface area (Å²) in [6.45, 7) is 5.17. The van der Waals surface area contributed by atoms with Crippen LogP contribution >= 0.6 is 11.3 Å². The van der Waals surface area contributed by atoms with Gasteiger partial charge in [-0.15, -0.1) is 11.3 Å². The van der Waals surface area contributed by atoms with Crippen molar-refractivity contribution in [3.63, 3.8) is 0 Å². The standard InChI is InChI=1S/C14H23NO3S2/c1-11-10-14(12(2)19-11)20(17,18)15-7-3-4-13(5-8-15)6-9-16/h10,13,16H,3-9H2,1-2H3. The van der Waals surface area contributed by atoms with Gasteiger partial charge in [-0.3, -0.25) is 0 Å². The average Bonchev–Trinajstić information content (AvgIpc) is 2.61. The Hall–Kier alpha value is -0.430. The molecule has 0 bridgehead atoms. The highest BCUT2D eigenvalue weighted by atomic mass is 32.2. The largest absolute Gasteiger partial charge is 0.396 e. The lowest BCUT2D eigenvalue weighted by Crippen LogP contribution is -2.32. The highest BCUT2D eigenvalue weighted by Crippen LogP contribution is 2.30. The maximum atomic E-state index is 12.7. The van der Waals surface area contributed by atoms with Crippen LogP contribution in [0.3, 0.4) is 0 Å². The Morgan fingerprint density at radius 1 is 1.35 bits per heavy atom. The summed E-state index contributed by atoms with van der Waals surface area (Å²) in [5, 5.41) is 9.02. The van der Waals surface area contributed by atoms with Crippen molar-refractivity contribution in [1.29, 1.82) is 0 Å². The van der Waals surface area contributed by atoms with Crippen molar-refractivity contribution < 1.29 is 13.5 Å². The molecule has 2 rings (SSSR count). The van der Waals surface area contributed by atoms with Crippen molar-refractivity contribution in [2.24, 2.45) is 5.92 Å². The van der Waals surface area contributed by atoms with E-state index < -0.39 is 10.0 Å². The van der Waals surface area contributed by atoms with Gasteiger partial charge in [-0.05, 0) is 51.5 Å². The lowest BCUT2D eigenvalue weighted by molar-refractivity contribution is 0.248. The molecule has 0 radical (unpaired) electrons. The molecule has 1 aromatic heterocycles. The zero-order valence-corrected chi connectivity index (χ0v) is 13.8. The van der Waals surface area contributed by atoms with E-state index in [0.29, 0.717) is 23.9 Å². The van der Waals surface area contributed by atoms with Crippen LogP contribution < -0.4 is 0 Å². The van der Waals surface area contributed by atoms with E-state index in [1.54, 1.807) is 10.4 Å². The van der Waals surface area contributed by atoms with Crippen LogP contribution in [0.15, 0.2) is 11.0 Å². The third-order valence-electron chi connectivity index (χ3n) is 3.96. The first-order chi connectivity index (χ1) is 9.45. The molecule has 20 heavy (non-hydrogen) atoms. The van der Waals surface area contributed by atoms with Gasteiger partial charge in [-0.25, -0.2) is 8.42 Å². The first kappa shape index (κ1) is 15.9. The molecular formula is C14H23NO3S2. The van der Waals surface area contributed by atoms with E-state index in [4.69, 9.17) is 5.11 Å². The maximum absolute atomic E-state index is 12.7. The van der Waals surface area contributed by atoms with Gasteiger partial charge in [0.1, 0.15) is 0 Å². The van der Waals surface area contributed by atoms with E-state index in [-0.39, 0.29) is 6.61 Å². The van der Waals surface area contributed by atoms with Gasteiger partial charge in [0, 0.05) is 29.5 Å². The van der Waals surface area contributed by atoms with Gasteiger partial charge in [-0.1, -0.05) is 0 Å². The molecule has 0 aromatic carbocycles. The quantitative estimate of drug-likeness (QED) is 0.928. The van der Waals surface area contributed by atoms with Gasteiger partial charge in [0.15, 0.2) is 0 Å². The lowest BCUT2D eigenvalue weighted by atomic mass is 9.98. The SMILES string of the molecule is Cc1cc(S(=O)(=O)N2CCCC(CCO)CC2)c(C)s1. The molecule has 1 atom stereocenters. The van der Waals surface area contributed by atoms with Crippen molar-refractivity contribution >= 4 is 21.4 Å². The van der Waals surface area contributed by atoms with Gasteiger partial charge in [0.2, 0.25) is 10.0 Å². The van der Waals surface area contributed by atoms with Gasteiger partial charge in [-0.2, -0.15) is 4.31 Å². The predicted molar refractivity (Wildman–Crippen MR) is 81.6 cm³/mol. The number of aryl methyl sites for hydroxylation is 2. The molecule has 0 aliphatic carbocycles. The zero-order chi connectivity index (χ0) is 14.8. The van der Waals surface area contributed by atoms with Gasteiger partial charge in [0.05, 0.1) is 4.90 Å². The van der Waals surface area contributed by atoms with Crippen molar-refractivity contribution in [3.05, 3.63) is 15.8 Å². The van der Waals surface area contributed by atoms with Crippen LogP contribution in [0.2, 0.25) is 0 Å². The number of aliphatic hydroxyl groups is 1. The molecule has 1 aliphatic heterocycles. The van der Waals surface area contributed by atoms with Crippen LogP contribution in [0.25, 0.3) is 0 Å². The number of rotatable bonds is 4. The summed E-state index contributed by atoms with van der Waals surface area (Å²) in [6, 6.07) is 1.78. The number of hydrogen-bond donors (Lipinski definition) is 1. The number of hydrogen-bond acceptors (Lipinski definition) is 4. The monoisotopic (exact) mass is 317 g/mol. The number of aliphatic hydroxyl groups excluding tert-OH is 1. The highest BCUT2D eigenvalue weighted by molar-refractivity contribution is 7.89. The Morgan fingerprint density at radius 3 is 2.70 bits per heavy atom. The minimum Gasteiger partial charge on any atom is -0.396 e. The molecule has 4 nitrogen and oxygen atoms in total. The van der Waals surface area contributed by atoms with Gasteiger partial charge in [0.25, 0.3) is 0 Å². The van der Waals surface area contributed by atoms with Crippen LogP contribution in [0.5, 0.6) is 0 Å². The van der Waals surface area contributed by atoms with Crippen LogP contribution in [0.4, 0.5) is 0 Å². The Labute approximate surface area is 125 Å². The van der Waals surface area contributed by atoms with E-state index in [0.717, 1.165) is 35.4 Å². The second-order valence-corrected chi connectivity index (χ2v) is 8.86. The van der Waals surface area contributed by atoms with E-state index in [1.165, 1.54) is 11.3 Å². The third kappa shape index (κ3) is 3.42. The minimum atomic E-state index is -3.35. The smallest absolute Gasteiger partial charge is 0.244 e. The molecule has 114 valence electrons. The van der Waals surface area contributed by atoms with E-state index >= 15 is 0 Å². The van der Waals surface area contributed by atoms with Gasteiger partial charge < -0.3 is 5.11 Å². The minimum absolute atomic E-state index is 0.195. The molecule has 1 saturated heterocycles. The van der Waals surface area contributed by atoms with Crippen molar-refractivity contribution in [2.45, 2.75) is 44.4 Å². The summed E-state index contributed by atoms with van der Waals surface area (Å²) in [5.41, 5.74) is 0. The number of nitrogens with zero attached hydrogens (tertiary/aromatic N) is 1. The fraction of sp³-hybridized carbons (Fsp3) is 0.714. The van der Waals surface area contributed by atoms with Crippen LogP contribution in [0.1, 0.15) is 35.4 Å². The molecule has 1 fully saturated rings. The maximum Gasteiger partial charge on any atom is 0.244 e. The second-order valence-electron chi connectivity index (χ2n) is 5.49. The average molecular weight is 317 g/mol. The van der Waals surface area contributed by atoms with E-state index in [9.17, 15) is 8.42 Å². The fourth-order valence-electron chi connectivity index (χ4n) is 2.85. The van der Waals surface area contributed by atoms with Crippen molar-refractivity contribution in [1.82, 2.24) is 4.31 Å². The topological polar surface area (TPSA) is 57.6 Å². The van der Waals surface area contributed by atoms with E-state index in [2.05, 4.69) is 0 Å². The summed E-state index contributed by atoms with van der Waals surface area (Å²) in [7, 11) is -3.35. The summed E-state index contributed by atoms with van der Waals surface area (Å²) in [6.07, 6.45) is 3.52. The molecular weight excluding hydrogens is 294 g/mol. The molecule has 0 amide bonds. The van der Waals surface area contributed by atoms with Crippen molar-refractivity contribution in [2.75, 3.05) is 19.7 Å². The van der Waals surface area contributed by atoms with Crippen LogP contribution in [-0.4, -0.2) is 37.5 Å². The molecule has 1 aliphatic rings. The number of sulfonamides is 1. The highest BCUT2D eigenvalue weighted by Gasteiger charge is 2.29. The molecule has 2 heterocycles. The summed E-state index contributed by atoms with van der Waals surface area (Å²) in [4.78, 5) is 2.38. The first-order valence-corrected chi connectivity index (χ1v) is 9.39. The first-order valence-electron chi connectivity index (χ1n) is 7.13. The zero-order valence-electron chi connectivity index (χ0n) is 12.1. The summed E-state index contributed by atoms with van der Waals surface area (Å²) < 4.78 is 27.1.